The lowest BCUT2D eigenvalue weighted by molar-refractivity contribution is -0.177. The number of nitrogens with two attached hydrogens (primary N) is 1. The standard InChI is InChI=1S/C8H18N2O6/c1-2-8(16,7(15)10-9)6(14)5(13)4(12)3-11/h4-6,11-14,16H,2-3,9H2,1H3,(H,10,15)/t4-,5-,6+,8-/m1/s1. The second-order valence-electron chi connectivity index (χ2n) is 3.44. The Bertz CT molecular complexity index is 239. The van der Waals surface area contributed by atoms with Crippen LogP contribution < -0.4 is 11.3 Å². The van der Waals surface area contributed by atoms with Gasteiger partial charge in [-0.2, -0.15) is 0 Å². The molecule has 0 aliphatic rings. The molecule has 0 bridgehead atoms. The van der Waals surface area contributed by atoms with Gasteiger partial charge in [0.1, 0.15) is 18.3 Å². The highest BCUT2D eigenvalue weighted by Gasteiger charge is 2.46. The van der Waals surface area contributed by atoms with Crippen LogP contribution in [0.2, 0.25) is 0 Å². The average molecular weight is 238 g/mol. The molecule has 0 aromatic heterocycles. The summed E-state index contributed by atoms with van der Waals surface area (Å²) in [5.41, 5.74) is -0.684. The maximum absolute atomic E-state index is 11.2. The first-order valence-corrected chi connectivity index (χ1v) is 4.73. The topological polar surface area (TPSA) is 156 Å². The second-order valence-corrected chi connectivity index (χ2v) is 3.44. The van der Waals surface area contributed by atoms with Crippen molar-refractivity contribution in [2.75, 3.05) is 6.61 Å². The molecule has 0 spiro atoms. The fourth-order valence-electron chi connectivity index (χ4n) is 1.23. The highest BCUT2D eigenvalue weighted by atomic mass is 16.4. The number of aliphatic hydroxyl groups excluding tert-OH is 4. The SMILES string of the molecule is CC[C@](O)(C(=O)NN)[C@@H](O)[C@H](O)[C@H](O)CO. The molecular formula is C8H18N2O6. The summed E-state index contributed by atoms with van der Waals surface area (Å²) in [6.45, 7) is 0.568. The van der Waals surface area contributed by atoms with E-state index in [0.717, 1.165) is 0 Å². The number of aliphatic hydroxyl groups is 5. The summed E-state index contributed by atoms with van der Waals surface area (Å²) in [4.78, 5) is 11.2. The fourth-order valence-corrected chi connectivity index (χ4v) is 1.23. The molecule has 0 radical (unpaired) electrons. The van der Waals surface area contributed by atoms with Crippen molar-refractivity contribution in [3.05, 3.63) is 0 Å². The van der Waals surface area contributed by atoms with E-state index in [4.69, 9.17) is 16.1 Å². The second kappa shape index (κ2) is 6.09. The molecule has 0 heterocycles. The van der Waals surface area contributed by atoms with Crippen LogP contribution >= 0.6 is 0 Å². The van der Waals surface area contributed by atoms with Crippen molar-refractivity contribution < 1.29 is 30.3 Å². The molecule has 16 heavy (non-hydrogen) atoms. The molecular weight excluding hydrogens is 220 g/mol. The van der Waals surface area contributed by atoms with Gasteiger partial charge in [0, 0.05) is 0 Å². The Morgan fingerprint density at radius 2 is 1.94 bits per heavy atom. The largest absolute Gasteiger partial charge is 0.394 e. The molecule has 0 saturated heterocycles. The number of rotatable bonds is 6. The number of hydrogen-bond donors (Lipinski definition) is 7. The predicted molar refractivity (Wildman–Crippen MR) is 52.7 cm³/mol. The molecule has 8 nitrogen and oxygen atoms in total. The summed E-state index contributed by atoms with van der Waals surface area (Å²) >= 11 is 0. The molecule has 8 N–H and O–H groups in total. The van der Waals surface area contributed by atoms with Crippen LogP contribution in [0.3, 0.4) is 0 Å². The van der Waals surface area contributed by atoms with E-state index in [1.54, 1.807) is 5.43 Å². The van der Waals surface area contributed by atoms with Crippen LogP contribution in [0.5, 0.6) is 0 Å². The van der Waals surface area contributed by atoms with E-state index < -0.39 is 36.4 Å². The van der Waals surface area contributed by atoms with Gasteiger partial charge in [0.05, 0.1) is 6.61 Å². The molecule has 4 atom stereocenters. The first-order valence-electron chi connectivity index (χ1n) is 4.73. The van der Waals surface area contributed by atoms with E-state index >= 15 is 0 Å². The lowest BCUT2D eigenvalue weighted by atomic mass is 9.87. The lowest BCUT2D eigenvalue weighted by Gasteiger charge is -2.34. The van der Waals surface area contributed by atoms with Gasteiger partial charge in [0.15, 0.2) is 5.60 Å². The van der Waals surface area contributed by atoms with E-state index in [-0.39, 0.29) is 6.42 Å². The van der Waals surface area contributed by atoms with E-state index in [0.29, 0.717) is 0 Å². The van der Waals surface area contributed by atoms with E-state index in [2.05, 4.69) is 0 Å². The summed E-state index contributed by atoms with van der Waals surface area (Å²) in [6.07, 6.45) is -5.74. The molecule has 0 saturated carbocycles. The van der Waals surface area contributed by atoms with E-state index in [1.165, 1.54) is 6.92 Å². The number of hydrogen-bond acceptors (Lipinski definition) is 7. The molecule has 0 aromatic carbocycles. The maximum atomic E-state index is 11.2. The Kier molecular flexibility index (Phi) is 5.79. The minimum Gasteiger partial charge on any atom is -0.394 e. The van der Waals surface area contributed by atoms with Gasteiger partial charge in [0.25, 0.3) is 5.91 Å². The third kappa shape index (κ3) is 2.88. The zero-order valence-corrected chi connectivity index (χ0v) is 8.87. The first kappa shape index (κ1) is 15.2. The van der Waals surface area contributed by atoms with Gasteiger partial charge in [0.2, 0.25) is 0 Å². The normalized spacial score (nSPS) is 20.7. The number of amides is 1. The molecule has 0 aromatic rings. The van der Waals surface area contributed by atoms with E-state index in [1.807, 2.05) is 0 Å². The van der Waals surface area contributed by atoms with Crippen LogP contribution in [0.15, 0.2) is 0 Å². The minimum atomic E-state index is -2.33. The summed E-state index contributed by atoms with van der Waals surface area (Å²) < 4.78 is 0. The Morgan fingerprint density at radius 1 is 1.44 bits per heavy atom. The van der Waals surface area contributed by atoms with Crippen LogP contribution in [0.4, 0.5) is 0 Å². The fraction of sp³-hybridized carbons (Fsp3) is 0.875. The molecule has 8 heteroatoms. The first-order chi connectivity index (χ1) is 7.34. The van der Waals surface area contributed by atoms with Gasteiger partial charge in [-0.05, 0) is 6.42 Å². The van der Waals surface area contributed by atoms with Crippen molar-refractivity contribution >= 4 is 5.91 Å². The monoisotopic (exact) mass is 238 g/mol. The molecule has 96 valence electrons. The van der Waals surface area contributed by atoms with Gasteiger partial charge in [-0.15, -0.1) is 0 Å². The highest BCUT2D eigenvalue weighted by Crippen LogP contribution is 2.20. The number of hydrazine groups is 1. The number of carbonyl (C=O) groups is 1. The molecule has 0 unspecified atom stereocenters. The molecule has 1 amide bonds. The van der Waals surface area contributed by atoms with Crippen molar-refractivity contribution in [2.45, 2.75) is 37.3 Å². The zero-order valence-electron chi connectivity index (χ0n) is 8.87. The van der Waals surface area contributed by atoms with Crippen molar-refractivity contribution in [3.63, 3.8) is 0 Å². The summed E-state index contributed by atoms with van der Waals surface area (Å²) in [6, 6.07) is 0. The van der Waals surface area contributed by atoms with Crippen molar-refractivity contribution in [2.24, 2.45) is 5.84 Å². The minimum absolute atomic E-state index is 0.230. The molecule has 0 fully saturated rings. The number of nitrogens with one attached hydrogen (secondary N) is 1. The van der Waals surface area contributed by atoms with Crippen LogP contribution in [0, 0.1) is 0 Å². The Morgan fingerprint density at radius 3 is 2.25 bits per heavy atom. The van der Waals surface area contributed by atoms with Gasteiger partial charge in [-0.1, -0.05) is 6.92 Å². The van der Waals surface area contributed by atoms with Gasteiger partial charge in [-0.25, -0.2) is 5.84 Å². The quantitative estimate of drug-likeness (QED) is 0.142. The zero-order chi connectivity index (χ0) is 12.9. The smallest absolute Gasteiger partial charge is 0.268 e. The Hall–Kier alpha value is -0.770. The molecule has 0 aliphatic heterocycles. The van der Waals surface area contributed by atoms with Gasteiger partial charge in [-0.3, -0.25) is 10.2 Å². The maximum Gasteiger partial charge on any atom is 0.268 e. The van der Waals surface area contributed by atoms with Crippen LogP contribution in [0.1, 0.15) is 13.3 Å². The van der Waals surface area contributed by atoms with Crippen molar-refractivity contribution in [3.8, 4) is 0 Å². The summed E-state index contributed by atoms with van der Waals surface area (Å²) in [5.74, 6) is 3.73. The molecule has 0 aliphatic carbocycles. The van der Waals surface area contributed by atoms with Gasteiger partial charge >= 0.3 is 0 Å². The Labute approximate surface area is 92.3 Å². The van der Waals surface area contributed by atoms with Crippen LogP contribution in [-0.4, -0.2) is 62.0 Å². The van der Waals surface area contributed by atoms with Crippen LogP contribution in [-0.2, 0) is 4.79 Å². The lowest BCUT2D eigenvalue weighted by Crippen LogP contribution is -2.61. The highest BCUT2D eigenvalue weighted by molar-refractivity contribution is 5.85. The van der Waals surface area contributed by atoms with Crippen LogP contribution in [0.25, 0.3) is 0 Å². The van der Waals surface area contributed by atoms with E-state index in [9.17, 15) is 20.1 Å². The Balaban J connectivity index is 4.89. The van der Waals surface area contributed by atoms with Crippen molar-refractivity contribution in [1.82, 2.24) is 5.43 Å². The third-order valence-electron chi connectivity index (χ3n) is 2.46. The average Bonchev–Trinajstić information content (AvgIpc) is 2.33. The molecule has 0 rings (SSSR count). The summed E-state index contributed by atoms with van der Waals surface area (Å²) in [5, 5.41) is 46.3. The number of carbonyl (C=O) groups excluding carboxylic acids is 1. The third-order valence-corrected chi connectivity index (χ3v) is 2.46. The summed E-state index contributed by atoms with van der Waals surface area (Å²) in [7, 11) is 0. The van der Waals surface area contributed by atoms with Gasteiger partial charge < -0.3 is 25.5 Å². The van der Waals surface area contributed by atoms with Crippen molar-refractivity contribution in [1.29, 1.82) is 0 Å². The predicted octanol–water partition coefficient (Wildman–Crippen LogP) is -3.81.